The third-order valence-electron chi connectivity index (χ3n) is 10.7. The first-order valence-corrected chi connectivity index (χ1v) is 18.5. The molecule has 2 aromatic heterocycles. The van der Waals surface area contributed by atoms with Gasteiger partial charge in [0.2, 0.25) is 0 Å². The number of aromatic nitrogens is 3. The van der Waals surface area contributed by atoms with E-state index >= 15 is 0 Å². The first kappa shape index (κ1) is 31.1. The Morgan fingerprint density at radius 1 is 0.309 bits per heavy atom. The van der Waals surface area contributed by atoms with Crippen LogP contribution in [0.5, 0.6) is 0 Å². The van der Waals surface area contributed by atoms with Crippen LogP contribution in [-0.4, -0.2) is 15.0 Å². The van der Waals surface area contributed by atoms with Crippen LogP contribution in [0, 0.1) is 0 Å². The molecule has 0 bridgehead atoms. The lowest BCUT2D eigenvalue weighted by Crippen LogP contribution is -2.00. The number of hydrogen-bond donors (Lipinski definition) is 0. The number of nitrogens with zero attached hydrogens (tertiary/aromatic N) is 3. The Bertz CT molecular complexity index is 3270. The van der Waals surface area contributed by atoms with E-state index in [1.54, 1.807) is 0 Å². The van der Waals surface area contributed by atoms with Gasteiger partial charge in [-0.2, -0.15) is 0 Å². The van der Waals surface area contributed by atoms with Gasteiger partial charge in [-0.25, -0.2) is 15.0 Å². The number of para-hydroxylation sites is 2. The number of rotatable bonds is 5. The molecule has 9 aromatic carbocycles. The van der Waals surface area contributed by atoms with Crippen LogP contribution < -0.4 is 0 Å². The Kier molecular flexibility index (Phi) is 7.14. The van der Waals surface area contributed by atoms with Crippen LogP contribution >= 0.6 is 0 Å². The van der Waals surface area contributed by atoms with Gasteiger partial charge in [0.25, 0.3) is 0 Å². The monoisotopic (exact) mass is 701 g/mol. The first-order chi connectivity index (χ1) is 27.2. The van der Waals surface area contributed by atoms with E-state index in [9.17, 15) is 0 Å². The predicted molar refractivity (Wildman–Crippen MR) is 227 cm³/mol. The largest absolute Gasteiger partial charge is 0.455 e. The maximum absolute atomic E-state index is 6.43. The van der Waals surface area contributed by atoms with Gasteiger partial charge in [-0.1, -0.05) is 158 Å². The maximum Gasteiger partial charge on any atom is 0.167 e. The van der Waals surface area contributed by atoms with Gasteiger partial charge in [-0.15, -0.1) is 0 Å². The van der Waals surface area contributed by atoms with E-state index in [0.29, 0.717) is 17.5 Å². The fraction of sp³-hybridized carbons (Fsp3) is 0. The summed E-state index contributed by atoms with van der Waals surface area (Å²) in [6.45, 7) is 0. The van der Waals surface area contributed by atoms with Crippen molar-refractivity contribution in [2.24, 2.45) is 0 Å². The molecule has 0 radical (unpaired) electrons. The predicted octanol–water partition coefficient (Wildman–Crippen LogP) is 13.6. The van der Waals surface area contributed by atoms with Crippen LogP contribution in [-0.2, 0) is 0 Å². The van der Waals surface area contributed by atoms with Gasteiger partial charge in [0.15, 0.2) is 17.5 Å². The summed E-state index contributed by atoms with van der Waals surface area (Å²) in [5.74, 6) is 1.77. The van der Waals surface area contributed by atoms with Crippen molar-refractivity contribution in [2.75, 3.05) is 0 Å². The fourth-order valence-electron chi connectivity index (χ4n) is 8.09. The lowest BCUT2D eigenvalue weighted by molar-refractivity contribution is 0.669. The average Bonchev–Trinajstić information content (AvgIpc) is 3.65. The minimum Gasteiger partial charge on any atom is -0.455 e. The Hall–Kier alpha value is -7.43. The summed E-state index contributed by atoms with van der Waals surface area (Å²) in [6, 6.07) is 66.0. The molecule has 0 N–H and O–H groups in total. The topological polar surface area (TPSA) is 51.8 Å². The second kappa shape index (κ2) is 12.6. The Labute approximate surface area is 317 Å². The van der Waals surface area contributed by atoms with Gasteiger partial charge in [-0.05, 0) is 84.9 Å². The molecule has 0 saturated carbocycles. The molecule has 11 rings (SSSR count). The highest BCUT2D eigenvalue weighted by Crippen LogP contribution is 2.41. The third kappa shape index (κ3) is 5.26. The van der Waals surface area contributed by atoms with E-state index < -0.39 is 0 Å². The summed E-state index contributed by atoms with van der Waals surface area (Å²) in [5.41, 5.74) is 8.86. The second-order valence-electron chi connectivity index (χ2n) is 14.0. The number of hydrogen-bond acceptors (Lipinski definition) is 4. The van der Waals surface area contributed by atoms with Crippen molar-refractivity contribution in [1.82, 2.24) is 15.0 Å². The third-order valence-corrected chi connectivity index (χ3v) is 10.7. The van der Waals surface area contributed by atoms with Crippen molar-refractivity contribution >= 4 is 54.3 Å². The number of fused-ring (bicyclic) bond motifs is 7. The summed E-state index contributed by atoms with van der Waals surface area (Å²) in [7, 11) is 0. The molecule has 0 amide bonds. The van der Waals surface area contributed by atoms with Gasteiger partial charge in [0, 0.05) is 21.9 Å². The molecule has 0 atom stereocenters. The van der Waals surface area contributed by atoms with Crippen LogP contribution in [0.2, 0.25) is 0 Å². The maximum atomic E-state index is 6.43. The van der Waals surface area contributed by atoms with Gasteiger partial charge < -0.3 is 4.42 Å². The summed E-state index contributed by atoms with van der Waals surface area (Å²) in [4.78, 5) is 15.2. The molecule has 11 aromatic rings. The molecule has 55 heavy (non-hydrogen) atoms. The van der Waals surface area contributed by atoms with Gasteiger partial charge in [-0.3, -0.25) is 0 Å². The van der Waals surface area contributed by atoms with Gasteiger partial charge in [0.05, 0.1) is 5.56 Å². The SMILES string of the molecule is c1ccc(-c2nc(-c3cccc(-c4cccc(-c5c6ccccc6cc6c5ccc5ccccc56)c4)c3)nc(-c3cccc4c3oc3ccccc34)n2)cc1. The molecule has 0 unspecified atom stereocenters. The van der Waals surface area contributed by atoms with Crippen LogP contribution in [0.15, 0.2) is 192 Å². The standard InChI is InChI=1S/C51H31N3O/c1-2-14-33(15-3-1)49-52-50(54-51(53-49)44-25-12-24-43-41-23-8-9-26-46(41)55-48(43)44)38-20-11-18-35(30-38)34-17-10-19-37(29-34)47-40-22-7-5-16-36(40)31-45-39-21-6-4-13-32(39)27-28-42(45)47/h1-31H. The van der Waals surface area contributed by atoms with E-state index in [4.69, 9.17) is 19.4 Å². The summed E-state index contributed by atoms with van der Waals surface area (Å²) >= 11 is 0. The molecule has 4 nitrogen and oxygen atoms in total. The normalized spacial score (nSPS) is 11.6. The van der Waals surface area contributed by atoms with Crippen molar-refractivity contribution < 1.29 is 4.42 Å². The smallest absolute Gasteiger partial charge is 0.167 e. The van der Waals surface area contributed by atoms with Crippen molar-refractivity contribution in [1.29, 1.82) is 0 Å². The molecule has 0 fully saturated rings. The van der Waals surface area contributed by atoms with E-state index in [1.165, 1.54) is 43.4 Å². The Morgan fingerprint density at radius 2 is 0.891 bits per heavy atom. The summed E-state index contributed by atoms with van der Waals surface area (Å²) in [5, 5.41) is 9.58. The lowest BCUT2D eigenvalue weighted by Gasteiger charge is -2.15. The van der Waals surface area contributed by atoms with E-state index in [1.807, 2.05) is 60.7 Å². The zero-order valence-electron chi connectivity index (χ0n) is 29.6. The highest BCUT2D eigenvalue weighted by Gasteiger charge is 2.18. The summed E-state index contributed by atoms with van der Waals surface area (Å²) in [6.07, 6.45) is 0. The van der Waals surface area contributed by atoms with Crippen molar-refractivity contribution in [3.05, 3.63) is 188 Å². The molecular formula is C51H31N3O. The molecule has 2 heterocycles. The molecular weight excluding hydrogens is 671 g/mol. The minimum absolute atomic E-state index is 0.566. The molecule has 256 valence electrons. The molecule has 0 aliphatic carbocycles. The van der Waals surface area contributed by atoms with E-state index in [2.05, 4.69) is 127 Å². The van der Waals surface area contributed by atoms with Crippen molar-refractivity contribution in [3.8, 4) is 56.4 Å². The van der Waals surface area contributed by atoms with Gasteiger partial charge in [0.1, 0.15) is 11.2 Å². The van der Waals surface area contributed by atoms with E-state index in [0.717, 1.165) is 49.8 Å². The Balaban J connectivity index is 1.07. The van der Waals surface area contributed by atoms with E-state index in [-0.39, 0.29) is 0 Å². The molecule has 4 heteroatoms. The molecule has 0 aliphatic rings. The molecule has 0 aliphatic heterocycles. The zero-order chi connectivity index (χ0) is 36.3. The Morgan fingerprint density at radius 3 is 1.73 bits per heavy atom. The van der Waals surface area contributed by atoms with Crippen LogP contribution in [0.4, 0.5) is 0 Å². The minimum atomic E-state index is 0.566. The number of benzene rings is 9. The van der Waals surface area contributed by atoms with Crippen LogP contribution in [0.25, 0.3) is 111 Å². The molecule has 0 saturated heterocycles. The average molecular weight is 702 g/mol. The zero-order valence-corrected chi connectivity index (χ0v) is 29.6. The summed E-state index contributed by atoms with van der Waals surface area (Å²) < 4.78 is 6.43. The fourth-order valence-corrected chi connectivity index (χ4v) is 8.09. The highest BCUT2D eigenvalue weighted by molar-refractivity contribution is 6.20. The van der Waals surface area contributed by atoms with Crippen LogP contribution in [0.3, 0.4) is 0 Å². The first-order valence-electron chi connectivity index (χ1n) is 18.5. The van der Waals surface area contributed by atoms with Crippen molar-refractivity contribution in [3.63, 3.8) is 0 Å². The van der Waals surface area contributed by atoms with Gasteiger partial charge >= 0.3 is 0 Å². The quantitative estimate of drug-likeness (QED) is 0.132. The van der Waals surface area contributed by atoms with Crippen molar-refractivity contribution in [2.45, 2.75) is 0 Å². The molecule has 0 spiro atoms. The van der Waals surface area contributed by atoms with Crippen LogP contribution in [0.1, 0.15) is 0 Å². The highest BCUT2D eigenvalue weighted by atomic mass is 16.3. The second-order valence-corrected chi connectivity index (χ2v) is 14.0. The number of furan rings is 1. The lowest BCUT2D eigenvalue weighted by atomic mass is 9.89.